The number of carbonyl (C=O) groups is 1. The lowest BCUT2D eigenvalue weighted by Crippen LogP contribution is -2.32. The zero-order valence-corrected chi connectivity index (χ0v) is 8.45. The molecule has 4 nitrogen and oxygen atoms in total. The van der Waals surface area contributed by atoms with Crippen LogP contribution in [0.3, 0.4) is 0 Å². The van der Waals surface area contributed by atoms with Gasteiger partial charge in [-0.3, -0.25) is 0 Å². The van der Waals surface area contributed by atoms with Gasteiger partial charge in [-0.25, -0.2) is 4.79 Å². The van der Waals surface area contributed by atoms with Gasteiger partial charge in [0.1, 0.15) is 5.76 Å². The number of hydrogen-bond acceptors (Lipinski definition) is 3. The van der Waals surface area contributed by atoms with Crippen LogP contribution in [0.2, 0.25) is 0 Å². The molecule has 0 radical (unpaired) electrons. The molecule has 0 aliphatic carbocycles. The monoisotopic (exact) mass is 197 g/mol. The molecule has 0 aliphatic rings. The topological polar surface area (TPSA) is 51.5 Å². The molecule has 1 heterocycles. The van der Waals surface area contributed by atoms with Crippen LogP contribution in [0, 0.1) is 0 Å². The first-order valence-corrected chi connectivity index (χ1v) is 4.59. The minimum absolute atomic E-state index is 0.0903. The second-order valence-corrected chi connectivity index (χ2v) is 3.16. The van der Waals surface area contributed by atoms with Crippen LogP contribution in [0.1, 0.15) is 19.1 Å². The molecule has 1 atom stereocenters. The van der Waals surface area contributed by atoms with E-state index in [0.717, 1.165) is 18.6 Å². The van der Waals surface area contributed by atoms with Crippen LogP contribution in [0.5, 0.6) is 0 Å². The molecule has 1 rings (SSSR count). The van der Waals surface area contributed by atoms with Gasteiger partial charge in [-0.2, -0.15) is 0 Å². The van der Waals surface area contributed by atoms with Crippen molar-refractivity contribution in [3.63, 3.8) is 0 Å². The summed E-state index contributed by atoms with van der Waals surface area (Å²) in [7, 11) is 1.36. The minimum Gasteiger partial charge on any atom is -0.469 e. The fraction of sp³-hybridized carbons (Fsp3) is 0.500. The summed E-state index contributed by atoms with van der Waals surface area (Å²) in [5.74, 6) is 0.934. The molecule has 0 aliphatic heterocycles. The van der Waals surface area contributed by atoms with Gasteiger partial charge in [-0.1, -0.05) is 0 Å². The van der Waals surface area contributed by atoms with Gasteiger partial charge in [0.05, 0.1) is 13.4 Å². The predicted molar refractivity (Wildman–Crippen MR) is 52.0 cm³/mol. The molecule has 1 amide bonds. The molecular weight excluding hydrogens is 182 g/mol. The van der Waals surface area contributed by atoms with Crippen molar-refractivity contribution in [1.29, 1.82) is 0 Å². The van der Waals surface area contributed by atoms with E-state index in [1.807, 2.05) is 19.1 Å². The van der Waals surface area contributed by atoms with Crippen LogP contribution < -0.4 is 5.32 Å². The molecular formula is C10H15NO3. The summed E-state index contributed by atoms with van der Waals surface area (Å²) in [5.41, 5.74) is 0. The summed E-state index contributed by atoms with van der Waals surface area (Å²) < 4.78 is 9.66. The number of furan rings is 1. The molecule has 0 saturated heterocycles. The summed E-state index contributed by atoms with van der Waals surface area (Å²) in [6.07, 6.45) is 2.91. The molecule has 4 heteroatoms. The molecule has 1 aromatic rings. The van der Waals surface area contributed by atoms with Crippen molar-refractivity contribution in [2.45, 2.75) is 25.8 Å². The first-order valence-electron chi connectivity index (χ1n) is 4.59. The maximum atomic E-state index is 10.8. The maximum Gasteiger partial charge on any atom is 0.407 e. The van der Waals surface area contributed by atoms with E-state index >= 15 is 0 Å². The molecule has 1 unspecified atom stereocenters. The Morgan fingerprint density at radius 2 is 2.50 bits per heavy atom. The molecule has 0 fully saturated rings. The van der Waals surface area contributed by atoms with Gasteiger partial charge in [-0.15, -0.1) is 0 Å². The van der Waals surface area contributed by atoms with E-state index in [9.17, 15) is 4.79 Å². The van der Waals surface area contributed by atoms with Gasteiger partial charge in [0, 0.05) is 12.5 Å². The lowest BCUT2D eigenvalue weighted by molar-refractivity contribution is 0.166. The van der Waals surface area contributed by atoms with E-state index in [0.29, 0.717) is 0 Å². The van der Waals surface area contributed by atoms with Gasteiger partial charge >= 0.3 is 6.09 Å². The summed E-state index contributed by atoms with van der Waals surface area (Å²) in [4.78, 5) is 10.8. The van der Waals surface area contributed by atoms with Crippen molar-refractivity contribution < 1.29 is 13.9 Å². The van der Waals surface area contributed by atoms with E-state index in [2.05, 4.69) is 10.1 Å². The Hall–Kier alpha value is -1.45. The fourth-order valence-corrected chi connectivity index (χ4v) is 1.15. The number of alkyl carbamates (subject to hydrolysis) is 1. The number of methoxy groups -OCH3 is 1. The summed E-state index contributed by atoms with van der Waals surface area (Å²) >= 11 is 0. The third-order valence-corrected chi connectivity index (χ3v) is 1.95. The van der Waals surface area contributed by atoms with Crippen molar-refractivity contribution in [1.82, 2.24) is 5.32 Å². The highest BCUT2D eigenvalue weighted by atomic mass is 16.5. The van der Waals surface area contributed by atoms with Crippen LogP contribution in [-0.4, -0.2) is 19.2 Å². The van der Waals surface area contributed by atoms with Gasteiger partial charge in [0.2, 0.25) is 0 Å². The molecule has 78 valence electrons. The number of ether oxygens (including phenoxy) is 1. The van der Waals surface area contributed by atoms with Crippen molar-refractivity contribution in [3.05, 3.63) is 24.2 Å². The van der Waals surface area contributed by atoms with Gasteiger partial charge < -0.3 is 14.5 Å². The minimum atomic E-state index is -0.392. The number of aryl methyl sites for hydroxylation is 1. The van der Waals surface area contributed by atoms with E-state index in [1.54, 1.807) is 6.26 Å². The molecule has 1 aromatic heterocycles. The highest BCUT2D eigenvalue weighted by molar-refractivity contribution is 5.67. The Morgan fingerprint density at radius 1 is 1.71 bits per heavy atom. The number of rotatable bonds is 4. The van der Waals surface area contributed by atoms with Crippen LogP contribution in [-0.2, 0) is 11.2 Å². The predicted octanol–water partition coefficient (Wildman–Crippen LogP) is 1.96. The van der Waals surface area contributed by atoms with E-state index < -0.39 is 6.09 Å². The number of carbonyl (C=O) groups excluding carboxylic acids is 1. The van der Waals surface area contributed by atoms with Crippen LogP contribution >= 0.6 is 0 Å². The third kappa shape index (κ3) is 3.51. The highest BCUT2D eigenvalue weighted by Gasteiger charge is 2.07. The standard InChI is InChI=1S/C10H15NO3/c1-8(11-10(12)13-2)5-6-9-4-3-7-14-9/h3-4,7-8H,5-6H2,1-2H3,(H,11,12). The Kier molecular flexibility index (Phi) is 4.04. The van der Waals surface area contributed by atoms with Crippen LogP contribution in [0.25, 0.3) is 0 Å². The fourth-order valence-electron chi connectivity index (χ4n) is 1.15. The molecule has 0 spiro atoms. The quantitative estimate of drug-likeness (QED) is 0.802. The van der Waals surface area contributed by atoms with E-state index in [4.69, 9.17) is 4.42 Å². The molecule has 14 heavy (non-hydrogen) atoms. The van der Waals surface area contributed by atoms with Gasteiger partial charge in [0.25, 0.3) is 0 Å². The zero-order valence-electron chi connectivity index (χ0n) is 8.45. The number of nitrogens with one attached hydrogen (secondary N) is 1. The average molecular weight is 197 g/mol. The van der Waals surface area contributed by atoms with Crippen molar-refractivity contribution >= 4 is 6.09 Å². The first-order chi connectivity index (χ1) is 6.72. The Bertz CT molecular complexity index is 269. The molecule has 0 saturated carbocycles. The Labute approximate surface area is 83.2 Å². The SMILES string of the molecule is COC(=O)NC(C)CCc1ccco1. The number of hydrogen-bond donors (Lipinski definition) is 1. The van der Waals surface area contributed by atoms with E-state index in [-0.39, 0.29) is 6.04 Å². The lowest BCUT2D eigenvalue weighted by Gasteiger charge is -2.11. The third-order valence-electron chi connectivity index (χ3n) is 1.95. The molecule has 1 N–H and O–H groups in total. The Morgan fingerprint density at radius 3 is 3.07 bits per heavy atom. The zero-order chi connectivity index (χ0) is 10.4. The summed E-state index contributed by atoms with van der Waals surface area (Å²) in [6.45, 7) is 1.93. The molecule has 0 aromatic carbocycles. The average Bonchev–Trinajstić information content (AvgIpc) is 2.67. The van der Waals surface area contributed by atoms with Crippen molar-refractivity contribution in [2.75, 3.05) is 7.11 Å². The van der Waals surface area contributed by atoms with Crippen molar-refractivity contribution in [2.24, 2.45) is 0 Å². The lowest BCUT2D eigenvalue weighted by atomic mass is 10.1. The smallest absolute Gasteiger partial charge is 0.407 e. The van der Waals surface area contributed by atoms with Gasteiger partial charge in [0.15, 0.2) is 0 Å². The Balaban J connectivity index is 2.21. The second kappa shape index (κ2) is 5.32. The first kappa shape index (κ1) is 10.6. The van der Waals surface area contributed by atoms with E-state index in [1.165, 1.54) is 7.11 Å². The summed E-state index contributed by atoms with van der Waals surface area (Å²) in [6, 6.07) is 3.87. The van der Waals surface area contributed by atoms with Crippen LogP contribution in [0.15, 0.2) is 22.8 Å². The maximum absolute atomic E-state index is 10.8. The van der Waals surface area contributed by atoms with Crippen molar-refractivity contribution in [3.8, 4) is 0 Å². The largest absolute Gasteiger partial charge is 0.469 e. The normalized spacial score (nSPS) is 12.1. The number of amides is 1. The van der Waals surface area contributed by atoms with Crippen LogP contribution in [0.4, 0.5) is 4.79 Å². The van der Waals surface area contributed by atoms with Gasteiger partial charge in [-0.05, 0) is 25.5 Å². The highest BCUT2D eigenvalue weighted by Crippen LogP contribution is 2.05. The summed E-state index contributed by atoms with van der Waals surface area (Å²) in [5, 5.41) is 2.69. The second-order valence-electron chi connectivity index (χ2n) is 3.16. The molecule has 0 bridgehead atoms.